The van der Waals surface area contributed by atoms with Gasteiger partial charge in [-0.05, 0) is 87.3 Å². The Balaban J connectivity index is 0.00000361. The summed E-state index contributed by atoms with van der Waals surface area (Å²) >= 11 is 0. The van der Waals surface area contributed by atoms with Gasteiger partial charge in [-0.3, -0.25) is 24.2 Å². The summed E-state index contributed by atoms with van der Waals surface area (Å²) in [6.45, 7) is 12.6. The first kappa shape index (κ1) is 33.6. The van der Waals surface area contributed by atoms with Crippen molar-refractivity contribution >= 4 is 53.8 Å². The van der Waals surface area contributed by atoms with Gasteiger partial charge in [0.2, 0.25) is 11.8 Å². The topological polar surface area (TPSA) is 81.8 Å². The Hall–Kier alpha value is -2.45. The summed E-state index contributed by atoms with van der Waals surface area (Å²) in [5, 5.41) is 5.90. The fourth-order valence-electron chi connectivity index (χ4n) is 4.85. The number of hydrogen-bond donors (Lipinski definition) is 2. The second-order valence-corrected chi connectivity index (χ2v) is 9.50. The van der Waals surface area contributed by atoms with Crippen LogP contribution in [0.15, 0.2) is 36.4 Å². The minimum absolute atomic E-state index is 0. The molecule has 0 heterocycles. The van der Waals surface area contributed by atoms with Crippen LogP contribution in [-0.2, 0) is 9.59 Å². The van der Waals surface area contributed by atoms with Crippen LogP contribution in [0.3, 0.4) is 0 Å². The van der Waals surface area contributed by atoms with E-state index in [1.807, 2.05) is 24.3 Å². The summed E-state index contributed by atoms with van der Waals surface area (Å²) < 4.78 is 0. The minimum atomic E-state index is -0.0932. The zero-order valence-electron chi connectivity index (χ0n) is 23.0. The number of anilines is 2. The van der Waals surface area contributed by atoms with Crippen LogP contribution in [-0.4, -0.2) is 66.7 Å². The van der Waals surface area contributed by atoms with Crippen LogP contribution in [0, 0.1) is 0 Å². The maximum Gasteiger partial charge on any atom is 0.238 e. The van der Waals surface area contributed by atoms with Crippen LogP contribution in [0.4, 0.5) is 11.4 Å². The van der Waals surface area contributed by atoms with Crippen molar-refractivity contribution < 1.29 is 14.4 Å². The Morgan fingerprint density at radius 1 is 0.605 bits per heavy atom. The van der Waals surface area contributed by atoms with Gasteiger partial charge in [-0.25, -0.2) is 0 Å². The van der Waals surface area contributed by atoms with Crippen LogP contribution >= 0.6 is 24.8 Å². The van der Waals surface area contributed by atoms with Crippen molar-refractivity contribution in [3.8, 4) is 11.1 Å². The third-order valence-electron chi connectivity index (χ3n) is 6.28. The molecule has 0 aliphatic heterocycles. The van der Waals surface area contributed by atoms with Gasteiger partial charge in [0.1, 0.15) is 0 Å². The van der Waals surface area contributed by atoms with Crippen molar-refractivity contribution in [3.63, 3.8) is 0 Å². The van der Waals surface area contributed by atoms with E-state index in [0.29, 0.717) is 35.6 Å². The predicted octanol–water partition coefficient (Wildman–Crippen LogP) is 5.86. The molecule has 0 bridgehead atoms. The molecule has 7 nitrogen and oxygen atoms in total. The molecule has 0 fully saturated rings. The Kier molecular flexibility index (Phi) is 14.6. The fraction of sp³-hybridized carbons (Fsp3) is 0.483. The van der Waals surface area contributed by atoms with Crippen molar-refractivity contribution in [1.29, 1.82) is 0 Å². The van der Waals surface area contributed by atoms with Crippen molar-refractivity contribution in [2.45, 2.75) is 53.4 Å². The van der Waals surface area contributed by atoms with Gasteiger partial charge in [0, 0.05) is 22.5 Å². The van der Waals surface area contributed by atoms with Crippen molar-refractivity contribution in [2.24, 2.45) is 0 Å². The summed E-state index contributed by atoms with van der Waals surface area (Å²) in [6, 6.07) is 11.0. The lowest BCUT2D eigenvalue weighted by Gasteiger charge is -2.20. The molecule has 2 aromatic rings. The van der Waals surface area contributed by atoms with Gasteiger partial charge in [0.05, 0.1) is 13.1 Å². The van der Waals surface area contributed by atoms with Gasteiger partial charge >= 0.3 is 0 Å². The van der Waals surface area contributed by atoms with E-state index in [9.17, 15) is 14.4 Å². The highest BCUT2D eigenvalue weighted by Crippen LogP contribution is 2.39. The quantitative estimate of drug-likeness (QED) is 0.256. The van der Waals surface area contributed by atoms with Crippen LogP contribution in [0.5, 0.6) is 0 Å². The van der Waals surface area contributed by atoms with E-state index in [2.05, 4.69) is 48.1 Å². The van der Waals surface area contributed by atoms with E-state index in [4.69, 9.17) is 0 Å². The second-order valence-electron chi connectivity index (χ2n) is 9.50. The van der Waals surface area contributed by atoms with Crippen LogP contribution in [0.2, 0.25) is 0 Å². The number of halogens is 2. The SMILES string of the molecule is CCCN(CCC)CC(=O)Nc1ccc2c(c1)C(=O)c1cc(NC(=O)CN(CCC)CCC)ccc1-2.Cl.Cl. The van der Waals surface area contributed by atoms with E-state index in [-0.39, 0.29) is 42.4 Å². The molecule has 0 radical (unpaired) electrons. The normalized spacial score (nSPS) is 11.5. The number of nitrogens with one attached hydrogen (secondary N) is 2. The summed E-state index contributed by atoms with van der Waals surface area (Å²) in [5.74, 6) is -0.251. The number of carbonyl (C=O) groups is 3. The lowest BCUT2D eigenvalue weighted by molar-refractivity contribution is -0.118. The Morgan fingerprint density at radius 2 is 0.947 bits per heavy atom. The third-order valence-corrected chi connectivity index (χ3v) is 6.28. The van der Waals surface area contributed by atoms with E-state index in [0.717, 1.165) is 63.0 Å². The highest BCUT2D eigenvalue weighted by atomic mass is 35.5. The first-order valence-corrected chi connectivity index (χ1v) is 13.3. The van der Waals surface area contributed by atoms with Gasteiger partial charge in [-0.2, -0.15) is 0 Å². The number of carbonyl (C=O) groups excluding carboxylic acids is 3. The van der Waals surface area contributed by atoms with E-state index < -0.39 is 0 Å². The summed E-state index contributed by atoms with van der Waals surface area (Å²) in [4.78, 5) is 42.7. The molecule has 0 aromatic heterocycles. The highest BCUT2D eigenvalue weighted by Gasteiger charge is 2.27. The molecule has 0 saturated carbocycles. The number of fused-ring (bicyclic) bond motifs is 3. The molecule has 2 aromatic carbocycles. The molecule has 0 atom stereocenters. The van der Waals surface area contributed by atoms with Crippen LogP contribution in [0.1, 0.15) is 69.3 Å². The van der Waals surface area contributed by atoms with Gasteiger partial charge in [-0.1, -0.05) is 39.8 Å². The van der Waals surface area contributed by atoms with Crippen molar-refractivity contribution in [3.05, 3.63) is 47.5 Å². The maximum atomic E-state index is 13.2. The molecular weight excluding hydrogens is 523 g/mol. The number of amides is 2. The molecule has 38 heavy (non-hydrogen) atoms. The molecule has 9 heteroatoms. The molecular formula is C29H42Cl2N4O3. The molecule has 2 amide bonds. The van der Waals surface area contributed by atoms with Gasteiger partial charge in [0.25, 0.3) is 0 Å². The number of nitrogens with zero attached hydrogens (tertiary/aromatic N) is 2. The maximum absolute atomic E-state index is 13.2. The lowest BCUT2D eigenvalue weighted by Crippen LogP contribution is -2.34. The van der Waals surface area contributed by atoms with E-state index in [1.54, 1.807) is 12.1 Å². The zero-order valence-corrected chi connectivity index (χ0v) is 24.6. The summed E-state index contributed by atoms with van der Waals surface area (Å²) in [5.41, 5.74) is 4.08. The zero-order chi connectivity index (χ0) is 26.1. The van der Waals surface area contributed by atoms with E-state index >= 15 is 0 Å². The van der Waals surface area contributed by atoms with Crippen LogP contribution in [0.25, 0.3) is 11.1 Å². The minimum Gasteiger partial charge on any atom is -0.325 e. The monoisotopic (exact) mass is 564 g/mol. The Labute approximate surface area is 239 Å². The number of ketones is 1. The van der Waals surface area contributed by atoms with Gasteiger partial charge in [0.15, 0.2) is 5.78 Å². The molecule has 0 saturated heterocycles. The largest absolute Gasteiger partial charge is 0.325 e. The summed E-state index contributed by atoms with van der Waals surface area (Å²) in [6.07, 6.45) is 3.99. The van der Waals surface area contributed by atoms with Crippen molar-refractivity contribution in [2.75, 3.05) is 49.9 Å². The third kappa shape index (κ3) is 8.80. The second kappa shape index (κ2) is 16.5. The predicted molar refractivity (Wildman–Crippen MR) is 161 cm³/mol. The Morgan fingerprint density at radius 3 is 1.26 bits per heavy atom. The number of hydrogen-bond acceptors (Lipinski definition) is 5. The van der Waals surface area contributed by atoms with E-state index in [1.165, 1.54) is 0 Å². The van der Waals surface area contributed by atoms with Gasteiger partial charge in [-0.15, -0.1) is 24.8 Å². The molecule has 1 aliphatic rings. The molecule has 2 N–H and O–H groups in total. The van der Waals surface area contributed by atoms with Crippen LogP contribution < -0.4 is 10.6 Å². The highest BCUT2D eigenvalue weighted by molar-refractivity contribution is 6.22. The first-order chi connectivity index (χ1) is 17.4. The molecule has 0 spiro atoms. The fourth-order valence-corrected chi connectivity index (χ4v) is 4.85. The average Bonchev–Trinajstić information content (AvgIpc) is 3.10. The molecule has 3 rings (SSSR count). The molecule has 210 valence electrons. The van der Waals surface area contributed by atoms with Crippen molar-refractivity contribution in [1.82, 2.24) is 9.80 Å². The van der Waals surface area contributed by atoms with Gasteiger partial charge < -0.3 is 10.6 Å². The lowest BCUT2D eigenvalue weighted by atomic mass is 10.0. The summed E-state index contributed by atoms with van der Waals surface area (Å²) in [7, 11) is 0. The number of rotatable bonds is 14. The standard InChI is InChI=1S/C29H40N4O3.2ClH/c1-5-13-32(14-6-2)19-27(34)30-21-9-11-23-24-12-10-22(18-26(24)29(36)25(23)17-21)31-28(35)20-33(15-7-3)16-8-4;;/h9-12,17-18H,5-8,13-16,19-20H2,1-4H3,(H,30,34)(H,31,35);2*1H. The molecule has 0 unspecified atom stereocenters. The Bertz CT molecular complexity index is 998. The first-order valence-electron chi connectivity index (χ1n) is 13.3. The number of benzene rings is 2. The molecule has 1 aliphatic carbocycles. The average molecular weight is 566 g/mol. The smallest absolute Gasteiger partial charge is 0.238 e.